The van der Waals surface area contributed by atoms with Crippen molar-refractivity contribution >= 4 is 0 Å². The highest BCUT2D eigenvalue weighted by Crippen LogP contribution is 2.10. The normalized spacial score (nSPS) is 17.3. The van der Waals surface area contributed by atoms with Crippen LogP contribution in [-0.4, -0.2) is 36.1 Å². The Kier molecular flexibility index (Phi) is 4.17. The van der Waals surface area contributed by atoms with E-state index in [0.29, 0.717) is 0 Å². The van der Waals surface area contributed by atoms with E-state index in [1.54, 1.807) is 6.20 Å². The molecule has 0 radical (unpaired) electrons. The van der Waals surface area contributed by atoms with Crippen molar-refractivity contribution in [2.24, 2.45) is 0 Å². The van der Waals surface area contributed by atoms with Gasteiger partial charge in [0.15, 0.2) is 0 Å². The van der Waals surface area contributed by atoms with Crippen molar-refractivity contribution in [3.8, 4) is 5.88 Å². The number of pyridine rings is 1. The van der Waals surface area contributed by atoms with Gasteiger partial charge in [-0.05, 0) is 44.5 Å². The lowest BCUT2D eigenvalue weighted by Crippen LogP contribution is -2.33. The molecule has 88 valence electrons. The summed E-state index contributed by atoms with van der Waals surface area (Å²) in [6, 6.07) is 3.97. The van der Waals surface area contributed by atoms with E-state index in [1.165, 1.54) is 37.9 Å². The highest BCUT2D eigenvalue weighted by atomic mass is 16.5. The van der Waals surface area contributed by atoms with Crippen LogP contribution in [0.1, 0.15) is 24.8 Å². The van der Waals surface area contributed by atoms with Gasteiger partial charge in [-0.3, -0.25) is 4.90 Å². The molecule has 16 heavy (non-hydrogen) atoms. The van der Waals surface area contributed by atoms with Crippen molar-refractivity contribution in [2.45, 2.75) is 26.2 Å². The summed E-state index contributed by atoms with van der Waals surface area (Å²) in [5.74, 6) is 0.747. The van der Waals surface area contributed by atoms with Crippen molar-refractivity contribution < 1.29 is 4.74 Å². The van der Waals surface area contributed by atoms with Gasteiger partial charge in [-0.1, -0.05) is 6.42 Å². The van der Waals surface area contributed by atoms with Crippen molar-refractivity contribution in [1.29, 1.82) is 0 Å². The Morgan fingerprint density at radius 1 is 1.31 bits per heavy atom. The second-order valence-corrected chi connectivity index (χ2v) is 4.42. The summed E-state index contributed by atoms with van der Waals surface area (Å²) in [5.41, 5.74) is 1.20. The number of piperidine rings is 1. The maximum absolute atomic E-state index is 5.64. The molecule has 0 aromatic carbocycles. The van der Waals surface area contributed by atoms with E-state index in [2.05, 4.69) is 16.8 Å². The number of rotatable bonds is 4. The van der Waals surface area contributed by atoms with Crippen molar-refractivity contribution in [3.05, 3.63) is 23.9 Å². The summed E-state index contributed by atoms with van der Waals surface area (Å²) in [6.45, 7) is 6.28. The van der Waals surface area contributed by atoms with Gasteiger partial charge in [-0.25, -0.2) is 4.98 Å². The molecule has 0 spiro atoms. The number of ether oxygens (including phenoxy) is 1. The van der Waals surface area contributed by atoms with Crippen LogP contribution in [0.25, 0.3) is 0 Å². The van der Waals surface area contributed by atoms with Gasteiger partial charge in [0, 0.05) is 18.8 Å². The predicted molar refractivity (Wildman–Crippen MR) is 64.8 cm³/mol. The largest absolute Gasteiger partial charge is 0.476 e. The van der Waals surface area contributed by atoms with Gasteiger partial charge in [-0.2, -0.15) is 0 Å². The summed E-state index contributed by atoms with van der Waals surface area (Å²) in [6.07, 6.45) is 5.85. The summed E-state index contributed by atoms with van der Waals surface area (Å²) in [7, 11) is 0. The standard InChI is InChI=1S/C13H20N2O/c1-12-5-6-14-13(11-12)16-10-9-15-7-3-2-4-8-15/h5-6,11H,2-4,7-10H2,1H3. The first-order valence-electron chi connectivity index (χ1n) is 6.12. The van der Waals surface area contributed by atoms with Crippen molar-refractivity contribution in [2.75, 3.05) is 26.2 Å². The highest BCUT2D eigenvalue weighted by Gasteiger charge is 2.09. The second kappa shape index (κ2) is 5.85. The molecule has 2 heterocycles. The van der Waals surface area contributed by atoms with Crippen molar-refractivity contribution in [3.63, 3.8) is 0 Å². The molecular formula is C13H20N2O. The van der Waals surface area contributed by atoms with Crippen LogP contribution in [0.2, 0.25) is 0 Å². The van der Waals surface area contributed by atoms with Crippen LogP contribution in [-0.2, 0) is 0 Å². The number of aromatic nitrogens is 1. The Morgan fingerprint density at radius 2 is 2.12 bits per heavy atom. The molecule has 0 unspecified atom stereocenters. The summed E-state index contributed by atoms with van der Waals surface area (Å²) in [4.78, 5) is 6.65. The Bertz CT molecular complexity index is 321. The van der Waals surface area contributed by atoms with E-state index in [-0.39, 0.29) is 0 Å². The van der Waals surface area contributed by atoms with Crippen LogP contribution in [0, 0.1) is 6.92 Å². The third-order valence-electron chi connectivity index (χ3n) is 3.00. The fourth-order valence-corrected chi connectivity index (χ4v) is 2.05. The molecule has 0 aliphatic carbocycles. The fraction of sp³-hybridized carbons (Fsp3) is 0.615. The first-order chi connectivity index (χ1) is 7.84. The average Bonchev–Trinajstić information content (AvgIpc) is 2.30. The quantitative estimate of drug-likeness (QED) is 0.778. The van der Waals surface area contributed by atoms with Crippen molar-refractivity contribution in [1.82, 2.24) is 9.88 Å². The van der Waals surface area contributed by atoms with E-state index < -0.39 is 0 Å². The molecule has 0 N–H and O–H groups in total. The van der Waals surface area contributed by atoms with Gasteiger partial charge in [0.2, 0.25) is 5.88 Å². The van der Waals surface area contributed by atoms with E-state index in [0.717, 1.165) is 19.0 Å². The predicted octanol–water partition coefficient (Wildman–Crippen LogP) is 2.25. The van der Waals surface area contributed by atoms with Crippen LogP contribution in [0.15, 0.2) is 18.3 Å². The third kappa shape index (κ3) is 3.49. The Hall–Kier alpha value is -1.09. The molecule has 2 rings (SSSR count). The monoisotopic (exact) mass is 220 g/mol. The molecule has 1 aliphatic heterocycles. The molecule has 0 atom stereocenters. The first kappa shape index (κ1) is 11.4. The van der Waals surface area contributed by atoms with Crippen LogP contribution in [0.5, 0.6) is 5.88 Å². The second-order valence-electron chi connectivity index (χ2n) is 4.42. The minimum atomic E-state index is 0.746. The topological polar surface area (TPSA) is 25.4 Å². The zero-order valence-corrected chi connectivity index (χ0v) is 9.98. The number of likely N-dealkylation sites (tertiary alicyclic amines) is 1. The number of hydrogen-bond donors (Lipinski definition) is 0. The summed E-state index contributed by atoms with van der Waals surface area (Å²) in [5, 5.41) is 0. The van der Waals surface area contributed by atoms with E-state index in [4.69, 9.17) is 4.74 Å². The van der Waals surface area contributed by atoms with Crippen LogP contribution in [0.4, 0.5) is 0 Å². The average molecular weight is 220 g/mol. The smallest absolute Gasteiger partial charge is 0.213 e. The van der Waals surface area contributed by atoms with E-state index in [9.17, 15) is 0 Å². The lowest BCUT2D eigenvalue weighted by molar-refractivity contribution is 0.180. The fourth-order valence-electron chi connectivity index (χ4n) is 2.05. The van der Waals surface area contributed by atoms with Gasteiger partial charge in [0.25, 0.3) is 0 Å². The minimum absolute atomic E-state index is 0.746. The first-order valence-corrected chi connectivity index (χ1v) is 6.12. The molecule has 1 aliphatic rings. The van der Waals surface area contributed by atoms with Crippen LogP contribution in [0.3, 0.4) is 0 Å². The molecule has 0 amide bonds. The molecule has 0 bridgehead atoms. The van der Waals surface area contributed by atoms with Gasteiger partial charge in [0.1, 0.15) is 6.61 Å². The highest BCUT2D eigenvalue weighted by molar-refractivity contribution is 5.18. The lowest BCUT2D eigenvalue weighted by atomic mass is 10.1. The molecular weight excluding hydrogens is 200 g/mol. The number of aryl methyl sites for hydroxylation is 1. The van der Waals surface area contributed by atoms with E-state index in [1.807, 2.05) is 12.1 Å². The molecule has 1 aromatic heterocycles. The number of hydrogen-bond acceptors (Lipinski definition) is 3. The van der Waals surface area contributed by atoms with Gasteiger partial charge in [0.05, 0.1) is 0 Å². The molecule has 1 aromatic rings. The Morgan fingerprint density at radius 3 is 2.88 bits per heavy atom. The van der Waals surface area contributed by atoms with Crippen LogP contribution >= 0.6 is 0 Å². The molecule has 1 fully saturated rings. The maximum atomic E-state index is 5.64. The summed E-state index contributed by atoms with van der Waals surface area (Å²) < 4.78 is 5.64. The van der Waals surface area contributed by atoms with Gasteiger partial charge < -0.3 is 4.74 Å². The maximum Gasteiger partial charge on any atom is 0.213 e. The lowest BCUT2D eigenvalue weighted by Gasteiger charge is -2.26. The van der Waals surface area contributed by atoms with Gasteiger partial charge in [-0.15, -0.1) is 0 Å². The molecule has 3 nitrogen and oxygen atoms in total. The molecule has 0 saturated carbocycles. The summed E-state index contributed by atoms with van der Waals surface area (Å²) >= 11 is 0. The zero-order chi connectivity index (χ0) is 11.2. The number of nitrogens with zero attached hydrogens (tertiary/aromatic N) is 2. The molecule has 1 saturated heterocycles. The van der Waals surface area contributed by atoms with E-state index >= 15 is 0 Å². The van der Waals surface area contributed by atoms with Gasteiger partial charge >= 0.3 is 0 Å². The third-order valence-corrected chi connectivity index (χ3v) is 3.00. The Balaban J connectivity index is 1.71. The minimum Gasteiger partial charge on any atom is -0.476 e. The zero-order valence-electron chi connectivity index (χ0n) is 9.98. The SMILES string of the molecule is Cc1ccnc(OCCN2CCCCC2)c1. The molecule has 3 heteroatoms. The Labute approximate surface area is 97.4 Å². The van der Waals surface area contributed by atoms with Crippen LogP contribution < -0.4 is 4.74 Å².